The van der Waals surface area contributed by atoms with Crippen molar-refractivity contribution in [3.63, 3.8) is 0 Å². The molecule has 0 spiro atoms. The number of hydrogen-bond donors (Lipinski definition) is 1. The molecule has 0 atom stereocenters. The van der Waals surface area contributed by atoms with Crippen molar-refractivity contribution in [3.8, 4) is 17.3 Å². The molecule has 0 aliphatic carbocycles. The highest BCUT2D eigenvalue weighted by Gasteiger charge is 2.48. The number of rotatable bonds is 5. The van der Waals surface area contributed by atoms with Gasteiger partial charge in [-0.1, -0.05) is 0 Å². The van der Waals surface area contributed by atoms with E-state index in [0.717, 1.165) is 53.3 Å². The van der Waals surface area contributed by atoms with Crippen molar-refractivity contribution in [1.82, 2.24) is 34.5 Å². The molecule has 0 radical (unpaired) electrons. The number of nitriles is 1. The molecule has 2 saturated heterocycles. The first-order chi connectivity index (χ1) is 18.0. The van der Waals surface area contributed by atoms with Crippen LogP contribution >= 0.6 is 0 Å². The number of carbonyl (C=O) groups is 1. The summed E-state index contributed by atoms with van der Waals surface area (Å²) in [5, 5.41) is 15.1. The number of H-pyrrole nitrogens is 1. The van der Waals surface area contributed by atoms with Gasteiger partial charge in [-0.2, -0.15) is 10.4 Å². The zero-order valence-corrected chi connectivity index (χ0v) is 19.9. The Bertz CT molecular complexity index is 1490. The molecule has 2 fully saturated rings. The van der Waals surface area contributed by atoms with Gasteiger partial charge in [0.15, 0.2) is 0 Å². The second kappa shape index (κ2) is 9.05. The maximum absolute atomic E-state index is 13.5. The maximum atomic E-state index is 13.5. The molecular weight excluding hydrogens is 478 g/mol. The van der Waals surface area contributed by atoms with Crippen LogP contribution in [-0.2, 0) is 5.54 Å². The van der Waals surface area contributed by atoms with Gasteiger partial charge in [-0.3, -0.25) is 14.4 Å². The van der Waals surface area contributed by atoms with Crippen molar-refractivity contribution in [3.05, 3.63) is 66.4 Å². The van der Waals surface area contributed by atoms with E-state index < -0.39 is 17.2 Å². The van der Waals surface area contributed by atoms with Crippen LogP contribution in [0.15, 0.2) is 49.2 Å². The van der Waals surface area contributed by atoms with E-state index in [0.29, 0.717) is 32.6 Å². The Morgan fingerprint density at radius 1 is 1.16 bits per heavy atom. The first kappa shape index (κ1) is 23.2. The molecule has 5 heterocycles. The van der Waals surface area contributed by atoms with Crippen LogP contribution < -0.4 is 0 Å². The maximum Gasteiger partial charge on any atom is 0.254 e. The predicted molar refractivity (Wildman–Crippen MR) is 130 cm³/mol. The summed E-state index contributed by atoms with van der Waals surface area (Å²) in [5.41, 5.74) is 2.01. The molecule has 4 aromatic rings. The fourth-order valence-corrected chi connectivity index (χ4v) is 5.55. The van der Waals surface area contributed by atoms with Crippen molar-refractivity contribution in [2.24, 2.45) is 0 Å². The first-order valence-corrected chi connectivity index (χ1v) is 12.2. The van der Waals surface area contributed by atoms with E-state index in [-0.39, 0.29) is 17.5 Å². The lowest BCUT2D eigenvalue weighted by Crippen LogP contribution is -2.66. The van der Waals surface area contributed by atoms with Crippen LogP contribution in [-0.4, -0.2) is 72.7 Å². The molecule has 9 nitrogen and oxygen atoms in total. The van der Waals surface area contributed by atoms with Crippen molar-refractivity contribution in [2.45, 2.75) is 30.8 Å². The minimum absolute atomic E-state index is 0.0306. The van der Waals surface area contributed by atoms with Gasteiger partial charge >= 0.3 is 0 Å². The fourth-order valence-electron chi connectivity index (χ4n) is 5.55. The molecule has 188 valence electrons. The van der Waals surface area contributed by atoms with Crippen LogP contribution in [0.3, 0.4) is 0 Å². The van der Waals surface area contributed by atoms with Gasteiger partial charge in [-0.05, 0) is 31.0 Å². The summed E-state index contributed by atoms with van der Waals surface area (Å²) in [6.07, 6.45) is 8.90. The number of likely N-dealkylation sites (tertiary alicyclic amines) is 2. The summed E-state index contributed by atoms with van der Waals surface area (Å²) in [6, 6.07) is 7.42. The van der Waals surface area contributed by atoms with Crippen molar-refractivity contribution < 1.29 is 13.6 Å². The third kappa shape index (κ3) is 4.13. The standard InChI is InChI=1S/C26H24F2N8O/c27-19-9-17(10-20(28)11-19)25(37)34-7-2-21(3-8-34)35-14-26(15-35,4-5-29)36-13-18(12-33-36)23-22-1-6-30-24(22)32-16-31-23/h1,6,9-13,16,21H,2-4,7-8,14-15H2,(H,30,31,32). The van der Waals surface area contributed by atoms with Crippen molar-refractivity contribution >= 4 is 16.9 Å². The Morgan fingerprint density at radius 3 is 2.65 bits per heavy atom. The highest BCUT2D eigenvalue weighted by atomic mass is 19.1. The molecule has 2 aliphatic rings. The number of aromatic nitrogens is 5. The molecule has 0 bridgehead atoms. The summed E-state index contributed by atoms with van der Waals surface area (Å²) < 4.78 is 29.0. The zero-order valence-electron chi connectivity index (χ0n) is 19.9. The number of amides is 1. The number of halogens is 2. The molecule has 11 heteroatoms. The van der Waals surface area contributed by atoms with Gasteiger partial charge in [0.2, 0.25) is 0 Å². The third-order valence-corrected chi connectivity index (χ3v) is 7.48. The number of aromatic amines is 1. The molecule has 1 aromatic carbocycles. The Labute approximate surface area is 211 Å². The lowest BCUT2D eigenvalue weighted by Gasteiger charge is -2.53. The predicted octanol–water partition coefficient (Wildman–Crippen LogP) is 3.33. The highest BCUT2D eigenvalue weighted by molar-refractivity contribution is 5.94. The molecule has 6 rings (SSSR count). The van der Waals surface area contributed by atoms with Gasteiger partial charge in [-0.15, -0.1) is 0 Å². The van der Waals surface area contributed by atoms with E-state index in [1.54, 1.807) is 11.1 Å². The number of benzene rings is 1. The minimum Gasteiger partial charge on any atom is -0.346 e. The minimum atomic E-state index is -0.758. The van der Waals surface area contributed by atoms with E-state index in [1.165, 1.54) is 6.33 Å². The lowest BCUT2D eigenvalue weighted by atomic mass is 9.83. The molecule has 0 saturated carbocycles. The largest absolute Gasteiger partial charge is 0.346 e. The first-order valence-electron chi connectivity index (χ1n) is 12.2. The molecule has 37 heavy (non-hydrogen) atoms. The average Bonchev–Trinajstić information content (AvgIpc) is 3.55. The number of fused-ring (bicyclic) bond motifs is 1. The monoisotopic (exact) mass is 502 g/mol. The molecular formula is C26H24F2N8O. The molecule has 3 aromatic heterocycles. The lowest BCUT2D eigenvalue weighted by molar-refractivity contribution is -0.0412. The second-order valence-corrected chi connectivity index (χ2v) is 9.78. The number of carbonyl (C=O) groups excluding carboxylic acids is 1. The van der Waals surface area contributed by atoms with Crippen LogP contribution in [0.1, 0.15) is 29.6 Å². The van der Waals surface area contributed by atoms with Gasteiger partial charge in [0.05, 0.1) is 24.4 Å². The third-order valence-electron chi connectivity index (χ3n) is 7.48. The smallest absolute Gasteiger partial charge is 0.254 e. The molecule has 1 amide bonds. The van der Waals surface area contributed by atoms with Gasteiger partial charge < -0.3 is 9.88 Å². The number of nitrogens with one attached hydrogen (secondary N) is 1. The van der Waals surface area contributed by atoms with E-state index in [1.807, 2.05) is 23.1 Å². The van der Waals surface area contributed by atoms with E-state index >= 15 is 0 Å². The molecule has 0 unspecified atom stereocenters. The Morgan fingerprint density at radius 2 is 1.92 bits per heavy atom. The van der Waals surface area contributed by atoms with E-state index in [4.69, 9.17) is 0 Å². The Hall–Kier alpha value is -4.17. The van der Waals surface area contributed by atoms with Crippen LogP contribution in [0.2, 0.25) is 0 Å². The van der Waals surface area contributed by atoms with Crippen LogP contribution in [0.5, 0.6) is 0 Å². The quantitative estimate of drug-likeness (QED) is 0.449. The van der Waals surface area contributed by atoms with Crippen LogP contribution in [0, 0.1) is 23.0 Å². The highest BCUT2D eigenvalue weighted by Crippen LogP contribution is 2.37. The van der Waals surface area contributed by atoms with E-state index in [9.17, 15) is 18.8 Å². The van der Waals surface area contributed by atoms with Crippen LogP contribution in [0.25, 0.3) is 22.3 Å². The topological polar surface area (TPSA) is 107 Å². The summed E-state index contributed by atoms with van der Waals surface area (Å²) in [6.45, 7) is 2.38. The number of piperidine rings is 1. The van der Waals surface area contributed by atoms with Crippen molar-refractivity contribution in [1.29, 1.82) is 5.26 Å². The fraction of sp³-hybridized carbons (Fsp3) is 0.346. The normalized spacial score (nSPS) is 18.0. The average molecular weight is 503 g/mol. The van der Waals surface area contributed by atoms with Gasteiger partial charge in [0.25, 0.3) is 5.91 Å². The summed E-state index contributed by atoms with van der Waals surface area (Å²) in [4.78, 5) is 28.5. The van der Waals surface area contributed by atoms with Crippen LogP contribution in [0.4, 0.5) is 8.78 Å². The van der Waals surface area contributed by atoms with E-state index in [2.05, 4.69) is 31.0 Å². The van der Waals surface area contributed by atoms with Gasteiger partial charge in [0.1, 0.15) is 29.1 Å². The van der Waals surface area contributed by atoms with Crippen molar-refractivity contribution in [2.75, 3.05) is 26.2 Å². The summed E-state index contributed by atoms with van der Waals surface area (Å²) in [7, 11) is 0. The SMILES string of the molecule is N#CCC1(n2cc(-c3ncnc4[nH]ccc34)cn2)CN(C2CCN(C(=O)c3cc(F)cc(F)c3)CC2)C1. The summed E-state index contributed by atoms with van der Waals surface area (Å²) >= 11 is 0. The molecule has 2 aliphatic heterocycles. The van der Waals surface area contributed by atoms with Gasteiger partial charge in [0, 0.05) is 67.2 Å². The Kier molecular flexibility index (Phi) is 5.68. The zero-order chi connectivity index (χ0) is 25.6. The second-order valence-electron chi connectivity index (χ2n) is 9.78. The summed E-state index contributed by atoms with van der Waals surface area (Å²) in [5.74, 6) is -1.87. The number of nitrogens with zero attached hydrogens (tertiary/aromatic N) is 7. The Balaban J connectivity index is 1.12. The van der Waals surface area contributed by atoms with Gasteiger partial charge in [-0.25, -0.2) is 18.7 Å². The number of hydrogen-bond acceptors (Lipinski definition) is 6. The molecule has 1 N–H and O–H groups in total.